The number of nitrogens with zero attached hydrogens (tertiary/aromatic N) is 1. The molecule has 28 heavy (non-hydrogen) atoms. The molecule has 0 aliphatic heterocycles. The highest BCUT2D eigenvalue weighted by molar-refractivity contribution is 14.0. The van der Waals surface area contributed by atoms with Crippen LogP contribution < -0.4 is 20.7 Å². The van der Waals surface area contributed by atoms with Crippen LogP contribution in [-0.2, 0) is 6.54 Å². The van der Waals surface area contributed by atoms with Crippen LogP contribution in [0.1, 0.15) is 22.8 Å². The Morgan fingerprint density at radius 3 is 2.54 bits per heavy atom. The molecule has 8 heteroatoms. The van der Waals surface area contributed by atoms with Gasteiger partial charge < -0.3 is 20.7 Å². The third kappa shape index (κ3) is 8.12. The van der Waals surface area contributed by atoms with E-state index in [0.717, 1.165) is 5.56 Å². The highest BCUT2D eigenvalue weighted by Gasteiger charge is 2.06. The lowest BCUT2D eigenvalue weighted by molar-refractivity contribution is 0.0954. The lowest BCUT2D eigenvalue weighted by atomic mass is 10.2. The maximum atomic E-state index is 13.2. The van der Waals surface area contributed by atoms with Crippen LogP contribution in [0.4, 0.5) is 4.39 Å². The number of benzene rings is 2. The number of amides is 1. The lowest BCUT2D eigenvalue weighted by Gasteiger charge is -2.12. The van der Waals surface area contributed by atoms with Crippen molar-refractivity contribution in [1.82, 2.24) is 16.0 Å². The van der Waals surface area contributed by atoms with Gasteiger partial charge in [0.25, 0.3) is 5.91 Å². The summed E-state index contributed by atoms with van der Waals surface area (Å²) >= 11 is 0. The van der Waals surface area contributed by atoms with Crippen LogP contribution in [0.3, 0.4) is 0 Å². The second kappa shape index (κ2) is 12.9. The number of aliphatic imine (C=N–C) groups is 1. The second-order valence-electron chi connectivity index (χ2n) is 5.74. The van der Waals surface area contributed by atoms with Gasteiger partial charge in [-0.2, -0.15) is 0 Å². The summed E-state index contributed by atoms with van der Waals surface area (Å²) in [5.41, 5.74) is 1.33. The zero-order chi connectivity index (χ0) is 19.5. The Morgan fingerprint density at radius 1 is 1.07 bits per heavy atom. The number of nitrogens with one attached hydrogen (secondary N) is 3. The van der Waals surface area contributed by atoms with Crippen molar-refractivity contribution in [3.8, 4) is 5.75 Å². The fourth-order valence-corrected chi connectivity index (χ4v) is 2.37. The Balaban J connectivity index is 0.00000392. The molecule has 0 fully saturated rings. The molecule has 0 saturated carbocycles. The van der Waals surface area contributed by atoms with Crippen molar-refractivity contribution < 1.29 is 13.9 Å². The lowest BCUT2D eigenvalue weighted by Crippen LogP contribution is -2.41. The molecule has 0 radical (unpaired) electrons. The van der Waals surface area contributed by atoms with Crippen LogP contribution in [-0.4, -0.2) is 38.6 Å². The quantitative estimate of drug-likeness (QED) is 0.226. The van der Waals surface area contributed by atoms with Crippen molar-refractivity contribution >= 4 is 35.8 Å². The van der Waals surface area contributed by atoms with Gasteiger partial charge in [-0.3, -0.25) is 4.79 Å². The summed E-state index contributed by atoms with van der Waals surface area (Å²) in [6.07, 6.45) is 0. The first-order valence-electron chi connectivity index (χ1n) is 8.81. The van der Waals surface area contributed by atoms with Crippen LogP contribution in [0.2, 0.25) is 0 Å². The number of halogens is 2. The molecule has 152 valence electrons. The van der Waals surface area contributed by atoms with E-state index < -0.39 is 0 Å². The summed E-state index contributed by atoms with van der Waals surface area (Å²) in [6.45, 7) is 3.96. The summed E-state index contributed by atoms with van der Waals surface area (Å²) in [5.74, 6) is 0.801. The predicted octanol–water partition coefficient (Wildman–Crippen LogP) is 2.94. The first-order valence-corrected chi connectivity index (χ1v) is 8.81. The summed E-state index contributed by atoms with van der Waals surface area (Å²) in [6, 6.07) is 13.3. The standard InChI is InChI=1S/C20H25FN4O2.HI/c1-3-22-20(25-14-15-6-4-8-17(21)12-15)24-11-10-23-19(26)16-7-5-9-18(13-16)27-2;/h4-9,12-13H,3,10-11,14H2,1-2H3,(H,23,26)(H2,22,24,25);1H. The number of guanidine groups is 1. The Labute approximate surface area is 182 Å². The summed E-state index contributed by atoms with van der Waals surface area (Å²) in [7, 11) is 1.56. The van der Waals surface area contributed by atoms with E-state index in [1.807, 2.05) is 13.0 Å². The highest BCUT2D eigenvalue weighted by atomic mass is 127. The van der Waals surface area contributed by atoms with Gasteiger partial charge in [-0.1, -0.05) is 18.2 Å². The molecule has 0 aliphatic rings. The smallest absolute Gasteiger partial charge is 0.251 e. The molecule has 0 unspecified atom stereocenters. The monoisotopic (exact) mass is 500 g/mol. The third-order valence-corrected chi connectivity index (χ3v) is 3.69. The van der Waals surface area contributed by atoms with E-state index in [1.54, 1.807) is 37.4 Å². The molecule has 0 aliphatic carbocycles. The van der Waals surface area contributed by atoms with Gasteiger partial charge in [0, 0.05) is 25.2 Å². The van der Waals surface area contributed by atoms with E-state index in [-0.39, 0.29) is 35.7 Å². The van der Waals surface area contributed by atoms with E-state index in [2.05, 4.69) is 20.9 Å². The van der Waals surface area contributed by atoms with Crippen molar-refractivity contribution in [3.05, 3.63) is 65.5 Å². The minimum atomic E-state index is -0.277. The SMILES string of the molecule is CCNC(=NCc1cccc(F)c1)NCCNC(=O)c1cccc(OC)c1.I. The normalized spacial score (nSPS) is 10.6. The fraction of sp³-hybridized carbons (Fsp3) is 0.300. The van der Waals surface area contributed by atoms with E-state index in [4.69, 9.17) is 4.74 Å². The van der Waals surface area contributed by atoms with Gasteiger partial charge in [-0.15, -0.1) is 24.0 Å². The van der Waals surface area contributed by atoms with E-state index in [1.165, 1.54) is 12.1 Å². The number of carbonyl (C=O) groups excluding carboxylic acids is 1. The average molecular weight is 500 g/mol. The first-order chi connectivity index (χ1) is 13.1. The summed E-state index contributed by atoms with van der Waals surface area (Å²) < 4.78 is 18.3. The number of hydrogen-bond donors (Lipinski definition) is 3. The van der Waals surface area contributed by atoms with E-state index in [0.29, 0.717) is 43.5 Å². The number of rotatable bonds is 8. The van der Waals surface area contributed by atoms with Crippen molar-refractivity contribution in [2.75, 3.05) is 26.7 Å². The largest absolute Gasteiger partial charge is 0.497 e. The molecular weight excluding hydrogens is 474 g/mol. The molecule has 0 heterocycles. The van der Waals surface area contributed by atoms with Gasteiger partial charge in [-0.25, -0.2) is 9.38 Å². The minimum Gasteiger partial charge on any atom is -0.497 e. The molecule has 0 atom stereocenters. The van der Waals surface area contributed by atoms with Gasteiger partial charge in [0.05, 0.1) is 13.7 Å². The molecule has 0 aromatic heterocycles. The Morgan fingerprint density at radius 2 is 1.82 bits per heavy atom. The average Bonchev–Trinajstić information content (AvgIpc) is 2.69. The topological polar surface area (TPSA) is 74.8 Å². The number of ether oxygens (including phenoxy) is 1. The van der Waals surface area contributed by atoms with E-state index >= 15 is 0 Å². The molecule has 1 amide bonds. The summed E-state index contributed by atoms with van der Waals surface area (Å²) in [4.78, 5) is 16.6. The molecule has 0 saturated heterocycles. The minimum absolute atomic E-state index is 0. The van der Waals surface area contributed by atoms with Crippen molar-refractivity contribution in [1.29, 1.82) is 0 Å². The van der Waals surface area contributed by atoms with Crippen molar-refractivity contribution in [3.63, 3.8) is 0 Å². The van der Waals surface area contributed by atoms with E-state index in [9.17, 15) is 9.18 Å². The Kier molecular flexibility index (Phi) is 10.9. The zero-order valence-corrected chi connectivity index (χ0v) is 18.3. The Hall–Kier alpha value is -2.36. The van der Waals surface area contributed by atoms with Gasteiger partial charge in [-0.05, 0) is 42.8 Å². The predicted molar refractivity (Wildman–Crippen MR) is 120 cm³/mol. The maximum absolute atomic E-state index is 13.2. The van der Waals surface area contributed by atoms with Crippen LogP contribution in [0.25, 0.3) is 0 Å². The zero-order valence-electron chi connectivity index (χ0n) is 16.0. The maximum Gasteiger partial charge on any atom is 0.251 e. The third-order valence-electron chi connectivity index (χ3n) is 3.69. The summed E-state index contributed by atoms with van der Waals surface area (Å²) in [5, 5.41) is 9.10. The van der Waals surface area contributed by atoms with Crippen LogP contribution in [0, 0.1) is 5.82 Å². The fourth-order valence-electron chi connectivity index (χ4n) is 2.37. The molecule has 2 rings (SSSR count). The second-order valence-corrected chi connectivity index (χ2v) is 5.74. The van der Waals surface area contributed by atoms with Gasteiger partial charge in [0.15, 0.2) is 5.96 Å². The highest BCUT2D eigenvalue weighted by Crippen LogP contribution is 2.12. The van der Waals surface area contributed by atoms with Gasteiger partial charge in [0.2, 0.25) is 0 Å². The molecular formula is C20H26FIN4O2. The van der Waals surface area contributed by atoms with Crippen LogP contribution in [0.5, 0.6) is 5.75 Å². The van der Waals surface area contributed by atoms with Crippen molar-refractivity contribution in [2.24, 2.45) is 4.99 Å². The number of methoxy groups -OCH3 is 1. The van der Waals surface area contributed by atoms with Gasteiger partial charge >= 0.3 is 0 Å². The number of carbonyl (C=O) groups is 1. The van der Waals surface area contributed by atoms with Crippen LogP contribution in [0.15, 0.2) is 53.5 Å². The molecule has 6 nitrogen and oxygen atoms in total. The van der Waals surface area contributed by atoms with Crippen LogP contribution >= 0.6 is 24.0 Å². The first kappa shape index (κ1) is 23.7. The molecule has 0 spiro atoms. The molecule has 2 aromatic rings. The van der Waals surface area contributed by atoms with Gasteiger partial charge in [0.1, 0.15) is 11.6 Å². The number of hydrogen-bond acceptors (Lipinski definition) is 3. The van der Waals surface area contributed by atoms with Crippen molar-refractivity contribution in [2.45, 2.75) is 13.5 Å². The molecule has 3 N–H and O–H groups in total. The molecule has 0 bridgehead atoms. The Bertz CT molecular complexity index is 786. The molecule has 2 aromatic carbocycles.